The van der Waals surface area contributed by atoms with Crippen LogP contribution in [0.1, 0.15) is 29.2 Å². The Labute approximate surface area is 165 Å². The third kappa shape index (κ3) is 3.26. The van der Waals surface area contributed by atoms with Crippen LogP contribution in [0.15, 0.2) is 28.7 Å². The van der Waals surface area contributed by atoms with Crippen LogP contribution in [0, 0.1) is 0 Å². The van der Waals surface area contributed by atoms with Gasteiger partial charge in [0.05, 0.1) is 10.9 Å². The Morgan fingerprint density at radius 1 is 1.19 bits per heavy atom. The van der Waals surface area contributed by atoms with Crippen molar-refractivity contribution in [2.24, 2.45) is 0 Å². The van der Waals surface area contributed by atoms with Crippen molar-refractivity contribution in [3.05, 3.63) is 45.0 Å². The molecule has 1 saturated heterocycles. The fraction of sp³-hybridized carbons (Fsp3) is 0.444. The number of rotatable bonds is 4. The van der Waals surface area contributed by atoms with Crippen LogP contribution in [0.25, 0.3) is 4.96 Å². The Kier molecular flexibility index (Phi) is 5.00. The van der Waals surface area contributed by atoms with E-state index in [9.17, 15) is 5.11 Å². The van der Waals surface area contributed by atoms with Crippen molar-refractivity contribution in [1.82, 2.24) is 24.4 Å². The van der Waals surface area contributed by atoms with Gasteiger partial charge in [-0.3, -0.25) is 4.90 Å². The summed E-state index contributed by atoms with van der Waals surface area (Å²) in [5.74, 6) is 0.974. The van der Waals surface area contributed by atoms with Crippen LogP contribution < -0.4 is 0 Å². The molecule has 0 bridgehead atoms. The normalized spacial score (nSPS) is 17.8. The molecule has 2 aromatic heterocycles. The fourth-order valence-electron chi connectivity index (χ4n) is 3.37. The van der Waals surface area contributed by atoms with Gasteiger partial charge in [-0.15, -0.1) is 5.10 Å². The molecule has 1 aliphatic heterocycles. The summed E-state index contributed by atoms with van der Waals surface area (Å²) in [6, 6.07) is 8.37. The first kappa shape index (κ1) is 17.9. The molecule has 0 radical (unpaired) electrons. The van der Waals surface area contributed by atoms with E-state index in [0.29, 0.717) is 0 Å². The quantitative estimate of drug-likeness (QED) is 0.681. The standard InChI is InChI=1S/C18H22BrN5OS/c1-3-14-20-18-24(21-14)17(25)16(26-18)15(12-4-6-13(19)7-5-12)23-10-8-22(2)9-11-23/h4-7,15,25H,3,8-11H2,1-2H3/t15-/m0/s1. The number of likely N-dealkylation sites (N-methyl/N-ethyl adjacent to an activating group) is 1. The van der Waals surface area contributed by atoms with E-state index in [1.807, 2.05) is 6.92 Å². The van der Waals surface area contributed by atoms with Gasteiger partial charge in [-0.05, 0) is 24.7 Å². The number of aromatic hydroxyl groups is 1. The molecule has 0 amide bonds. The smallest absolute Gasteiger partial charge is 0.230 e. The fourth-order valence-corrected chi connectivity index (χ4v) is 4.77. The number of halogens is 1. The minimum Gasteiger partial charge on any atom is -0.492 e. The highest BCUT2D eigenvalue weighted by Gasteiger charge is 2.31. The molecule has 8 heteroatoms. The van der Waals surface area contributed by atoms with Crippen LogP contribution in [0.5, 0.6) is 5.88 Å². The van der Waals surface area contributed by atoms with Crippen molar-refractivity contribution in [3.8, 4) is 5.88 Å². The van der Waals surface area contributed by atoms with Gasteiger partial charge in [0.2, 0.25) is 10.8 Å². The second-order valence-electron chi connectivity index (χ2n) is 6.66. The minimum atomic E-state index is 0.00961. The molecular weight excluding hydrogens is 414 g/mol. The number of piperazine rings is 1. The average molecular weight is 436 g/mol. The summed E-state index contributed by atoms with van der Waals surface area (Å²) in [5, 5.41) is 15.3. The second-order valence-corrected chi connectivity index (χ2v) is 8.58. The molecule has 0 unspecified atom stereocenters. The number of thiazole rings is 1. The highest BCUT2D eigenvalue weighted by Crippen LogP contribution is 2.40. The molecule has 4 rings (SSSR count). The van der Waals surface area contributed by atoms with E-state index in [1.54, 1.807) is 4.52 Å². The maximum Gasteiger partial charge on any atom is 0.230 e. The molecule has 26 heavy (non-hydrogen) atoms. The zero-order chi connectivity index (χ0) is 18.3. The van der Waals surface area contributed by atoms with E-state index < -0.39 is 0 Å². The summed E-state index contributed by atoms with van der Waals surface area (Å²) in [4.78, 5) is 11.0. The van der Waals surface area contributed by atoms with Crippen LogP contribution in [0.4, 0.5) is 0 Å². The molecule has 138 valence electrons. The maximum absolute atomic E-state index is 10.9. The summed E-state index contributed by atoms with van der Waals surface area (Å²) < 4.78 is 2.64. The Morgan fingerprint density at radius 2 is 1.88 bits per heavy atom. The lowest BCUT2D eigenvalue weighted by atomic mass is 10.0. The lowest BCUT2D eigenvalue weighted by molar-refractivity contribution is 0.127. The Morgan fingerprint density at radius 3 is 2.50 bits per heavy atom. The summed E-state index contributed by atoms with van der Waals surface area (Å²) in [7, 11) is 2.15. The van der Waals surface area contributed by atoms with Gasteiger partial charge in [0, 0.05) is 37.1 Å². The number of hydrogen-bond acceptors (Lipinski definition) is 6. The van der Waals surface area contributed by atoms with E-state index >= 15 is 0 Å². The van der Waals surface area contributed by atoms with Gasteiger partial charge in [-0.1, -0.05) is 46.3 Å². The molecule has 3 aromatic rings. The average Bonchev–Trinajstić information content (AvgIpc) is 3.18. The first-order valence-corrected chi connectivity index (χ1v) is 10.4. The van der Waals surface area contributed by atoms with Gasteiger partial charge in [0.1, 0.15) is 0 Å². The molecule has 3 heterocycles. The van der Waals surface area contributed by atoms with Gasteiger partial charge in [-0.2, -0.15) is 4.52 Å². The van der Waals surface area contributed by atoms with Crippen molar-refractivity contribution in [2.45, 2.75) is 19.4 Å². The monoisotopic (exact) mass is 435 g/mol. The Balaban J connectivity index is 1.78. The summed E-state index contributed by atoms with van der Waals surface area (Å²) >= 11 is 5.05. The van der Waals surface area contributed by atoms with Gasteiger partial charge in [0.25, 0.3) is 0 Å². The number of benzene rings is 1. The molecule has 0 aliphatic carbocycles. The highest BCUT2D eigenvalue weighted by atomic mass is 79.9. The molecular formula is C18H22BrN5OS. The van der Waals surface area contributed by atoms with Crippen LogP contribution in [-0.2, 0) is 6.42 Å². The number of aryl methyl sites for hydroxylation is 1. The van der Waals surface area contributed by atoms with E-state index in [1.165, 1.54) is 16.9 Å². The van der Waals surface area contributed by atoms with Gasteiger partial charge in [-0.25, -0.2) is 4.98 Å². The lowest BCUT2D eigenvalue weighted by Gasteiger charge is -2.37. The first-order valence-electron chi connectivity index (χ1n) is 8.82. The minimum absolute atomic E-state index is 0.00961. The predicted octanol–water partition coefficient (Wildman–Crippen LogP) is 3.16. The molecule has 1 atom stereocenters. The van der Waals surface area contributed by atoms with Gasteiger partial charge < -0.3 is 10.0 Å². The number of hydrogen-bond donors (Lipinski definition) is 1. The van der Waals surface area contributed by atoms with Crippen LogP contribution in [0.2, 0.25) is 0 Å². The van der Waals surface area contributed by atoms with Gasteiger partial charge in [0.15, 0.2) is 5.82 Å². The predicted molar refractivity (Wildman–Crippen MR) is 107 cm³/mol. The van der Waals surface area contributed by atoms with Crippen molar-refractivity contribution in [1.29, 1.82) is 0 Å². The van der Waals surface area contributed by atoms with Crippen molar-refractivity contribution < 1.29 is 5.11 Å². The van der Waals surface area contributed by atoms with Crippen molar-refractivity contribution in [2.75, 3.05) is 33.2 Å². The molecule has 6 nitrogen and oxygen atoms in total. The summed E-state index contributed by atoms with van der Waals surface area (Å²) in [5.41, 5.74) is 1.17. The highest BCUT2D eigenvalue weighted by molar-refractivity contribution is 9.10. The zero-order valence-corrected chi connectivity index (χ0v) is 17.3. The van der Waals surface area contributed by atoms with E-state index in [0.717, 1.165) is 52.7 Å². The third-order valence-electron chi connectivity index (χ3n) is 4.90. The number of aromatic nitrogens is 3. The number of nitrogens with zero attached hydrogens (tertiary/aromatic N) is 5. The Bertz CT molecular complexity index is 898. The van der Waals surface area contributed by atoms with E-state index in [2.05, 4.69) is 67.1 Å². The van der Waals surface area contributed by atoms with Gasteiger partial charge >= 0.3 is 0 Å². The first-order chi connectivity index (χ1) is 12.6. The number of fused-ring (bicyclic) bond motifs is 1. The molecule has 0 saturated carbocycles. The lowest BCUT2D eigenvalue weighted by Crippen LogP contribution is -2.46. The zero-order valence-electron chi connectivity index (χ0n) is 14.9. The van der Waals surface area contributed by atoms with Crippen LogP contribution in [0.3, 0.4) is 0 Å². The van der Waals surface area contributed by atoms with Crippen molar-refractivity contribution in [3.63, 3.8) is 0 Å². The summed E-state index contributed by atoms with van der Waals surface area (Å²) in [6.07, 6.45) is 0.762. The maximum atomic E-state index is 10.9. The van der Waals surface area contributed by atoms with E-state index in [-0.39, 0.29) is 11.9 Å². The molecule has 1 N–H and O–H groups in total. The molecule has 1 fully saturated rings. The summed E-state index contributed by atoms with van der Waals surface area (Å²) in [6.45, 7) is 5.99. The van der Waals surface area contributed by atoms with Crippen LogP contribution in [-0.4, -0.2) is 62.7 Å². The molecule has 1 aromatic carbocycles. The van der Waals surface area contributed by atoms with E-state index in [4.69, 9.17) is 0 Å². The second kappa shape index (κ2) is 7.26. The molecule has 1 aliphatic rings. The topological polar surface area (TPSA) is 56.9 Å². The van der Waals surface area contributed by atoms with Crippen LogP contribution >= 0.6 is 27.3 Å². The van der Waals surface area contributed by atoms with Crippen molar-refractivity contribution >= 4 is 32.2 Å². The molecule has 0 spiro atoms. The largest absolute Gasteiger partial charge is 0.492 e. The third-order valence-corrected chi connectivity index (χ3v) is 6.50. The SMILES string of the molecule is CCc1nc2sc([C@H](c3ccc(Br)cc3)N3CCN(C)CC3)c(O)n2n1. The Hall–Kier alpha value is -1.48.